The Labute approximate surface area is 202 Å². The second-order valence-electron chi connectivity index (χ2n) is 8.48. The Morgan fingerprint density at radius 3 is 2.69 bits per heavy atom. The van der Waals surface area contributed by atoms with Gasteiger partial charge in [-0.1, -0.05) is 12.6 Å². The molecule has 0 aliphatic carbocycles. The van der Waals surface area contributed by atoms with Gasteiger partial charge in [-0.3, -0.25) is 4.79 Å². The molecule has 0 unspecified atom stereocenters. The fraction of sp³-hybridized carbons (Fsp3) is 0.192. The minimum atomic E-state index is -0.279. The van der Waals surface area contributed by atoms with Gasteiger partial charge in [0.05, 0.1) is 5.69 Å². The number of carbonyl (C=O) groups is 1. The van der Waals surface area contributed by atoms with Gasteiger partial charge in [0.15, 0.2) is 0 Å². The summed E-state index contributed by atoms with van der Waals surface area (Å²) in [6.45, 7) is 6.91. The van der Waals surface area contributed by atoms with Gasteiger partial charge in [0.1, 0.15) is 11.5 Å². The fourth-order valence-corrected chi connectivity index (χ4v) is 4.13. The summed E-state index contributed by atoms with van der Waals surface area (Å²) in [6.07, 6.45) is 4.84. The number of hydrogen-bond donors (Lipinski definition) is 2. The van der Waals surface area contributed by atoms with E-state index in [1.54, 1.807) is 18.3 Å². The van der Waals surface area contributed by atoms with Crippen molar-refractivity contribution in [3.63, 3.8) is 0 Å². The summed E-state index contributed by atoms with van der Waals surface area (Å²) in [5, 5.41) is 6.74. The van der Waals surface area contributed by atoms with Gasteiger partial charge in [-0.15, -0.1) is 0 Å². The van der Waals surface area contributed by atoms with E-state index >= 15 is 0 Å². The van der Waals surface area contributed by atoms with Gasteiger partial charge in [-0.05, 0) is 55.6 Å². The topological polar surface area (TPSA) is 78.3 Å². The molecule has 0 saturated carbocycles. The molecule has 35 heavy (non-hydrogen) atoms. The Hall–Kier alpha value is -4.24. The quantitative estimate of drug-likeness (QED) is 0.411. The van der Waals surface area contributed by atoms with Gasteiger partial charge in [0.2, 0.25) is 11.9 Å². The summed E-state index contributed by atoms with van der Waals surface area (Å²) >= 11 is 0. The number of carbonyl (C=O) groups excluding carboxylic acids is 1. The number of piperazine rings is 1. The highest BCUT2D eigenvalue weighted by Gasteiger charge is 2.18. The molecule has 1 aliphatic rings. The lowest BCUT2D eigenvalue weighted by molar-refractivity contribution is -0.111. The Morgan fingerprint density at radius 1 is 1.09 bits per heavy atom. The van der Waals surface area contributed by atoms with E-state index in [1.807, 2.05) is 41.1 Å². The number of likely N-dealkylation sites (N-methyl/N-ethyl adjacent to an activating group) is 1. The first-order valence-electron chi connectivity index (χ1n) is 11.4. The van der Waals surface area contributed by atoms with Crippen LogP contribution >= 0.6 is 0 Å². The van der Waals surface area contributed by atoms with Crippen LogP contribution < -0.4 is 15.5 Å². The molecule has 1 amide bonds. The second-order valence-corrected chi connectivity index (χ2v) is 8.48. The Bertz CT molecular complexity index is 1390. The lowest BCUT2D eigenvalue weighted by Gasteiger charge is -2.34. The molecular weight excluding hydrogens is 445 g/mol. The monoisotopic (exact) mass is 471 g/mol. The van der Waals surface area contributed by atoms with Crippen LogP contribution in [0.2, 0.25) is 0 Å². The number of fused-ring (bicyclic) bond motifs is 1. The third kappa shape index (κ3) is 4.85. The molecule has 1 fully saturated rings. The van der Waals surface area contributed by atoms with Gasteiger partial charge >= 0.3 is 0 Å². The average molecular weight is 472 g/mol. The number of anilines is 4. The highest BCUT2D eigenvalue weighted by Crippen LogP contribution is 2.26. The first-order valence-corrected chi connectivity index (χ1v) is 11.4. The van der Waals surface area contributed by atoms with Crippen molar-refractivity contribution in [1.29, 1.82) is 0 Å². The normalized spacial score (nSPS) is 14.2. The standard InChI is InChI=1S/C26H26FN7O/c1-3-24(35)29-19-5-4-6-21(15-19)34-10-9-18-17-28-26(31-25(18)34)30-20-7-8-23(22(27)16-20)33-13-11-32(2)12-14-33/h3-10,15-17H,1,11-14H2,2H3,(H,29,35)(H,28,30,31). The number of aromatic nitrogens is 3. The molecule has 3 heterocycles. The van der Waals surface area contributed by atoms with Gasteiger partial charge in [-0.2, -0.15) is 4.98 Å². The van der Waals surface area contributed by atoms with Crippen LogP contribution in [0.1, 0.15) is 0 Å². The van der Waals surface area contributed by atoms with E-state index in [4.69, 9.17) is 0 Å². The zero-order valence-electron chi connectivity index (χ0n) is 19.4. The predicted octanol–water partition coefficient (Wildman–Crippen LogP) is 4.18. The molecule has 0 radical (unpaired) electrons. The van der Waals surface area contributed by atoms with Gasteiger partial charge < -0.3 is 25.0 Å². The number of amides is 1. The number of hydrogen-bond acceptors (Lipinski definition) is 6. The third-order valence-electron chi connectivity index (χ3n) is 6.05. The average Bonchev–Trinajstić information content (AvgIpc) is 3.28. The van der Waals surface area contributed by atoms with E-state index in [0.29, 0.717) is 28.7 Å². The zero-order chi connectivity index (χ0) is 24.4. The molecule has 5 rings (SSSR count). The molecule has 0 spiro atoms. The Kier molecular flexibility index (Phi) is 6.15. The van der Waals surface area contributed by atoms with Gasteiger partial charge in [0, 0.05) is 61.0 Å². The maximum absolute atomic E-state index is 14.9. The summed E-state index contributed by atoms with van der Waals surface area (Å²) in [6, 6.07) is 14.5. The summed E-state index contributed by atoms with van der Waals surface area (Å²) in [5.74, 6) is -0.193. The minimum Gasteiger partial charge on any atom is -0.367 e. The molecule has 178 valence electrons. The number of benzene rings is 2. The zero-order valence-corrected chi connectivity index (χ0v) is 19.4. The van der Waals surface area contributed by atoms with E-state index < -0.39 is 0 Å². The molecule has 0 atom stereocenters. The molecule has 1 saturated heterocycles. The highest BCUT2D eigenvalue weighted by molar-refractivity contribution is 5.99. The van der Waals surface area contributed by atoms with Crippen LogP contribution in [-0.4, -0.2) is 58.6 Å². The lowest BCUT2D eigenvalue weighted by atomic mass is 10.2. The molecule has 0 bridgehead atoms. The van der Waals surface area contributed by atoms with Crippen molar-refractivity contribution in [3.8, 4) is 5.69 Å². The first-order chi connectivity index (χ1) is 17.0. The summed E-state index contributed by atoms with van der Waals surface area (Å²) < 4.78 is 16.8. The van der Waals surface area contributed by atoms with Crippen LogP contribution in [0.25, 0.3) is 16.7 Å². The Morgan fingerprint density at radius 2 is 1.91 bits per heavy atom. The van der Waals surface area contributed by atoms with Crippen molar-refractivity contribution in [1.82, 2.24) is 19.4 Å². The number of nitrogens with zero attached hydrogens (tertiary/aromatic N) is 5. The number of rotatable bonds is 6. The number of halogens is 1. The molecule has 8 nitrogen and oxygen atoms in total. The fourth-order valence-electron chi connectivity index (χ4n) is 4.13. The van der Waals surface area contributed by atoms with Gasteiger partial charge in [0.25, 0.3) is 0 Å². The van der Waals surface area contributed by atoms with E-state index in [9.17, 15) is 9.18 Å². The lowest BCUT2D eigenvalue weighted by Crippen LogP contribution is -2.44. The van der Waals surface area contributed by atoms with Crippen molar-refractivity contribution >= 4 is 40.0 Å². The molecule has 1 aliphatic heterocycles. The van der Waals surface area contributed by atoms with Crippen LogP contribution in [0.5, 0.6) is 0 Å². The van der Waals surface area contributed by atoms with Crippen LogP contribution in [0.4, 0.5) is 27.4 Å². The van der Waals surface area contributed by atoms with Gasteiger partial charge in [-0.25, -0.2) is 9.37 Å². The molecule has 4 aromatic rings. The van der Waals surface area contributed by atoms with E-state index in [0.717, 1.165) is 37.3 Å². The van der Waals surface area contributed by atoms with Crippen LogP contribution in [0, 0.1) is 5.82 Å². The summed E-state index contributed by atoms with van der Waals surface area (Å²) in [7, 11) is 2.07. The smallest absolute Gasteiger partial charge is 0.247 e. The second kappa shape index (κ2) is 9.55. The largest absolute Gasteiger partial charge is 0.367 e. The molecule has 2 aromatic heterocycles. The van der Waals surface area contributed by atoms with Crippen molar-refractivity contribution in [2.75, 3.05) is 48.8 Å². The maximum Gasteiger partial charge on any atom is 0.247 e. The number of nitrogens with one attached hydrogen (secondary N) is 2. The minimum absolute atomic E-state index is 0.276. The van der Waals surface area contributed by atoms with Crippen LogP contribution in [-0.2, 0) is 4.79 Å². The van der Waals surface area contributed by atoms with E-state index in [1.165, 1.54) is 12.1 Å². The van der Waals surface area contributed by atoms with Crippen LogP contribution in [0.15, 0.2) is 73.6 Å². The van der Waals surface area contributed by atoms with Crippen molar-refractivity contribution in [2.24, 2.45) is 0 Å². The highest BCUT2D eigenvalue weighted by atomic mass is 19.1. The van der Waals surface area contributed by atoms with Crippen molar-refractivity contribution in [2.45, 2.75) is 0 Å². The van der Waals surface area contributed by atoms with E-state index in [-0.39, 0.29) is 11.7 Å². The molecule has 2 aromatic carbocycles. The van der Waals surface area contributed by atoms with Crippen molar-refractivity contribution < 1.29 is 9.18 Å². The first kappa shape index (κ1) is 22.5. The van der Waals surface area contributed by atoms with Crippen molar-refractivity contribution in [3.05, 3.63) is 79.4 Å². The molecular formula is C26H26FN7O. The third-order valence-corrected chi connectivity index (χ3v) is 6.05. The maximum atomic E-state index is 14.9. The Balaban J connectivity index is 1.38. The predicted molar refractivity (Wildman–Crippen MR) is 137 cm³/mol. The summed E-state index contributed by atoms with van der Waals surface area (Å²) in [5.41, 5.74) is 3.35. The molecule has 2 N–H and O–H groups in total. The van der Waals surface area contributed by atoms with Crippen LogP contribution in [0.3, 0.4) is 0 Å². The summed E-state index contributed by atoms with van der Waals surface area (Å²) in [4.78, 5) is 25.0. The molecule has 9 heteroatoms. The van der Waals surface area contributed by atoms with E-state index in [2.05, 4.69) is 44.0 Å². The SMILES string of the molecule is C=CC(=O)Nc1cccc(-n2ccc3cnc(Nc4ccc(N5CCN(C)CC5)c(F)c4)nc32)c1.